The standard InChI is InChI=1S/C8H21N7/c1-14(4-3-13-7(9)10)5-6-15(2)8(11)12/h3-6H2,1-2H3,(H3,11,12)(H4,9,10,13). The van der Waals surface area contributed by atoms with Gasteiger partial charge in [0.15, 0.2) is 11.9 Å². The van der Waals surface area contributed by atoms with Gasteiger partial charge >= 0.3 is 0 Å². The maximum atomic E-state index is 7.17. The minimum atomic E-state index is 0.0765. The van der Waals surface area contributed by atoms with Gasteiger partial charge in [-0.05, 0) is 7.05 Å². The second-order valence-electron chi connectivity index (χ2n) is 3.42. The van der Waals surface area contributed by atoms with E-state index in [0.717, 1.165) is 13.1 Å². The van der Waals surface area contributed by atoms with Crippen LogP contribution in [0.25, 0.3) is 0 Å². The van der Waals surface area contributed by atoms with Crippen LogP contribution in [0.3, 0.4) is 0 Å². The van der Waals surface area contributed by atoms with E-state index >= 15 is 0 Å². The van der Waals surface area contributed by atoms with E-state index in [4.69, 9.17) is 22.6 Å². The number of nitrogens with zero attached hydrogens (tertiary/aromatic N) is 3. The second kappa shape index (κ2) is 6.88. The number of hydrogen-bond donors (Lipinski definition) is 4. The van der Waals surface area contributed by atoms with E-state index in [2.05, 4.69) is 9.89 Å². The normalized spacial score (nSPS) is 10.1. The van der Waals surface area contributed by atoms with Crippen molar-refractivity contribution in [1.82, 2.24) is 9.80 Å². The lowest BCUT2D eigenvalue weighted by molar-refractivity contribution is 0.311. The van der Waals surface area contributed by atoms with Gasteiger partial charge in [-0.2, -0.15) is 0 Å². The molecule has 0 spiro atoms. The molecule has 0 saturated heterocycles. The SMILES string of the molecule is CN(CCN=C(N)N)CCN(C)C(=N)N. The zero-order valence-corrected chi connectivity index (χ0v) is 9.40. The highest BCUT2D eigenvalue weighted by atomic mass is 15.2. The molecule has 7 nitrogen and oxygen atoms in total. The van der Waals surface area contributed by atoms with Gasteiger partial charge in [0.25, 0.3) is 0 Å². The molecular weight excluding hydrogens is 194 g/mol. The minimum absolute atomic E-state index is 0.0765. The summed E-state index contributed by atoms with van der Waals surface area (Å²) in [5, 5.41) is 7.17. The Bertz CT molecular complexity index is 221. The molecule has 15 heavy (non-hydrogen) atoms. The quantitative estimate of drug-likeness (QED) is 0.302. The number of aliphatic imine (C=N–C) groups is 1. The summed E-state index contributed by atoms with van der Waals surface area (Å²) in [7, 11) is 3.75. The van der Waals surface area contributed by atoms with Crippen molar-refractivity contribution in [3.8, 4) is 0 Å². The van der Waals surface area contributed by atoms with Gasteiger partial charge in [0.05, 0.1) is 6.54 Å². The van der Waals surface area contributed by atoms with Crippen molar-refractivity contribution < 1.29 is 0 Å². The fourth-order valence-corrected chi connectivity index (χ4v) is 0.903. The van der Waals surface area contributed by atoms with E-state index in [1.54, 1.807) is 11.9 Å². The lowest BCUT2D eigenvalue weighted by atomic mass is 10.4. The van der Waals surface area contributed by atoms with Crippen molar-refractivity contribution in [1.29, 1.82) is 5.41 Å². The van der Waals surface area contributed by atoms with Crippen LogP contribution in [0.5, 0.6) is 0 Å². The highest BCUT2D eigenvalue weighted by molar-refractivity contribution is 5.75. The number of nitrogens with two attached hydrogens (primary N) is 3. The van der Waals surface area contributed by atoms with E-state index < -0.39 is 0 Å². The summed E-state index contributed by atoms with van der Waals surface area (Å²) in [6.45, 7) is 2.90. The predicted molar refractivity (Wildman–Crippen MR) is 62.7 cm³/mol. The number of rotatable bonds is 6. The third-order valence-corrected chi connectivity index (χ3v) is 2.00. The first kappa shape index (κ1) is 13.5. The summed E-state index contributed by atoms with van der Waals surface area (Å²) >= 11 is 0. The van der Waals surface area contributed by atoms with E-state index in [1.165, 1.54) is 0 Å². The molecule has 0 aromatic rings. The maximum absolute atomic E-state index is 7.17. The largest absolute Gasteiger partial charge is 0.370 e. The Balaban J connectivity index is 3.62. The Kier molecular flexibility index (Phi) is 6.19. The monoisotopic (exact) mass is 215 g/mol. The van der Waals surface area contributed by atoms with Crippen molar-refractivity contribution in [2.45, 2.75) is 0 Å². The van der Waals surface area contributed by atoms with Gasteiger partial charge in [0, 0.05) is 26.7 Å². The van der Waals surface area contributed by atoms with Crippen LogP contribution in [0.1, 0.15) is 0 Å². The van der Waals surface area contributed by atoms with E-state index in [9.17, 15) is 0 Å². The summed E-state index contributed by atoms with van der Waals surface area (Å²) in [4.78, 5) is 7.63. The molecule has 0 aromatic carbocycles. The molecule has 7 N–H and O–H groups in total. The van der Waals surface area contributed by atoms with Gasteiger partial charge in [-0.3, -0.25) is 10.4 Å². The fourth-order valence-electron chi connectivity index (χ4n) is 0.903. The molecule has 0 amide bonds. The van der Waals surface area contributed by atoms with Gasteiger partial charge in [0.2, 0.25) is 0 Å². The molecule has 0 unspecified atom stereocenters. The molecule has 0 bridgehead atoms. The van der Waals surface area contributed by atoms with E-state index in [0.29, 0.717) is 13.1 Å². The van der Waals surface area contributed by atoms with Crippen molar-refractivity contribution in [2.24, 2.45) is 22.2 Å². The Labute approximate surface area is 90.4 Å². The van der Waals surface area contributed by atoms with Crippen molar-refractivity contribution >= 4 is 11.9 Å². The summed E-state index contributed by atoms with van der Waals surface area (Å²) in [5.74, 6) is 0.192. The van der Waals surface area contributed by atoms with Crippen LogP contribution >= 0.6 is 0 Å². The molecular formula is C8H21N7. The molecule has 0 aliphatic carbocycles. The molecule has 0 saturated carbocycles. The van der Waals surface area contributed by atoms with Gasteiger partial charge in [0.1, 0.15) is 0 Å². The van der Waals surface area contributed by atoms with E-state index in [-0.39, 0.29) is 11.9 Å². The molecule has 7 heteroatoms. The Morgan fingerprint density at radius 1 is 1.13 bits per heavy atom. The van der Waals surface area contributed by atoms with Crippen LogP contribution in [0.15, 0.2) is 4.99 Å². The van der Waals surface area contributed by atoms with Crippen molar-refractivity contribution in [3.05, 3.63) is 0 Å². The van der Waals surface area contributed by atoms with Crippen molar-refractivity contribution in [2.75, 3.05) is 40.3 Å². The molecule has 0 atom stereocenters. The van der Waals surface area contributed by atoms with Crippen LogP contribution in [-0.2, 0) is 0 Å². The Morgan fingerprint density at radius 2 is 1.73 bits per heavy atom. The lowest BCUT2D eigenvalue weighted by Gasteiger charge is -2.21. The number of hydrogen-bond acceptors (Lipinski definition) is 3. The molecule has 0 aliphatic rings. The molecule has 0 radical (unpaired) electrons. The third-order valence-electron chi connectivity index (χ3n) is 2.00. The predicted octanol–water partition coefficient (Wildman–Crippen LogP) is -1.98. The number of guanidine groups is 2. The Hall–Kier alpha value is -1.50. The average molecular weight is 215 g/mol. The maximum Gasteiger partial charge on any atom is 0.188 e. The zero-order valence-electron chi connectivity index (χ0n) is 9.40. The summed E-state index contributed by atoms with van der Waals surface area (Å²) in [6, 6.07) is 0. The number of likely N-dealkylation sites (N-methyl/N-ethyl adjacent to an activating group) is 2. The molecule has 0 aromatic heterocycles. The highest BCUT2D eigenvalue weighted by Gasteiger charge is 2.02. The van der Waals surface area contributed by atoms with Crippen LogP contribution in [0.4, 0.5) is 0 Å². The van der Waals surface area contributed by atoms with Crippen LogP contribution in [0.2, 0.25) is 0 Å². The van der Waals surface area contributed by atoms with Gasteiger partial charge in [-0.1, -0.05) is 0 Å². The first-order valence-electron chi connectivity index (χ1n) is 4.72. The average Bonchev–Trinajstić information content (AvgIpc) is 2.13. The fraction of sp³-hybridized carbons (Fsp3) is 0.750. The van der Waals surface area contributed by atoms with E-state index in [1.807, 2.05) is 7.05 Å². The van der Waals surface area contributed by atoms with Gasteiger partial charge in [-0.25, -0.2) is 0 Å². The topological polar surface area (TPSA) is 121 Å². The van der Waals surface area contributed by atoms with Crippen LogP contribution in [0, 0.1) is 5.41 Å². The summed E-state index contributed by atoms with van der Waals surface area (Å²) in [5.41, 5.74) is 15.7. The zero-order chi connectivity index (χ0) is 11.8. The minimum Gasteiger partial charge on any atom is -0.370 e. The van der Waals surface area contributed by atoms with Crippen LogP contribution < -0.4 is 17.2 Å². The Morgan fingerprint density at radius 3 is 2.20 bits per heavy atom. The third kappa shape index (κ3) is 7.56. The molecule has 0 aliphatic heterocycles. The van der Waals surface area contributed by atoms with Crippen molar-refractivity contribution in [3.63, 3.8) is 0 Å². The molecule has 0 fully saturated rings. The first-order valence-corrected chi connectivity index (χ1v) is 4.72. The number of nitrogens with one attached hydrogen (secondary N) is 1. The molecule has 0 heterocycles. The summed E-state index contributed by atoms with van der Waals surface area (Å²) < 4.78 is 0. The lowest BCUT2D eigenvalue weighted by Crippen LogP contribution is -2.39. The second-order valence-corrected chi connectivity index (χ2v) is 3.42. The smallest absolute Gasteiger partial charge is 0.188 e. The molecule has 88 valence electrons. The molecule has 0 rings (SSSR count). The highest BCUT2D eigenvalue weighted by Crippen LogP contribution is 1.86. The summed E-state index contributed by atoms with van der Waals surface area (Å²) in [6.07, 6.45) is 0. The van der Waals surface area contributed by atoms with Gasteiger partial charge < -0.3 is 27.0 Å². The van der Waals surface area contributed by atoms with Gasteiger partial charge in [-0.15, -0.1) is 0 Å². The first-order chi connectivity index (χ1) is 6.93. The van der Waals surface area contributed by atoms with Crippen LogP contribution in [-0.4, -0.2) is 62.0 Å².